The second kappa shape index (κ2) is 9.77. The standard InChI is InChI=1S/C29H29N3O4/c1-31-24-10-5-4-9-23(24)26-27(20-11-13-21(35-2)14-12-20)32(29(34)28(26)31)18-25(33)30-16-15-19-7-6-8-22(17-19)36-3/h4-14,17,27H,15-16,18H2,1-3H3,(H,30,33)/t27-/m0/s1. The number of hydrogen-bond donors (Lipinski definition) is 1. The summed E-state index contributed by atoms with van der Waals surface area (Å²) in [5.74, 6) is 1.19. The van der Waals surface area contributed by atoms with Crippen LogP contribution in [0.1, 0.15) is 33.2 Å². The number of nitrogens with one attached hydrogen (secondary N) is 1. The van der Waals surface area contributed by atoms with Gasteiger partial charge in [0.25, 0.3) is 5.91 Å². The number of nitrogens with zero attached hydrogens (tertiary/aromatic N) is 2. The number of carbonyl (C=O) groups excluding carboxylic acids is 2. The summed E-state index contributed by atoms with van der Waals surface area (Å²) in [6.07, 6.45) is 0.670. The molecular formula is C29H29N3O4. The summed E-state index contributed by atoms with van der Waals surface area (Å²) >= 11 is 0. The zero-order valence-electron chi connectivity index (χ0n) is 20.7. The maximum absolute atomic E-state index is 13.7. The molecule has 1 aliphatic heterocycles. The van der Waals surface area contributed by atoms with E-state index in [1.54, 1.807) is 19.1 Å². The lowest BCUT2D eigenvalue weighted by atomic mass is 9.98. The third-order valence-electron chi connectivity index (χ3n) is 6.81. The van der Waals surface area contributed by atoms with Gasteiger partial charge in [0.1, 0.15) is 23.7 Å². The molecule has 2 amide bonds. The van der Waals surface area contributed by atoms with Crippen LogP contribution in [0.5, 0.6) is 11.5 Å². The van der Waals surface area contributed by atoms with Crippen molar-refractivity contribution in [2.45, 2.75) is 12.5 Å². The number of para-hydroxylation sites is 1. The Bertz CT molecular complexity index is 1420. The fourth-order valence-electron chi connectivity index (χ4n) is 5.05. The predicted octanol–water partition coefficient (Wildman–Crippen LogP) is 4.10. The summed E-state index contributed by atoms with van der Waals surface area (Å²) in [4.78, 5) is 28.3. The largest absolute Gasteiger partial charge is 0.497 e. The molecule has 1 N–H and O–H groups in total. The third kappa shape index (κ3) is 4.17. The molecule has 36 heavy (non-hydrogen) atoms. The number of aromatic nitrogens is 1. The Balaban J connectivity index is 1.40. The van der Waals surface area contributed by atoms with Crippen molar-refractivity contribution in [3.63, 3.8) is 0 Å². The van der Waals surface area contributed by atoms with Crippen molar-refractivity contribution >= 4 is 22.7 Å². The van der Waals surface area contributed by atoms with Gasteiger partial charge in [-0.1, -0.05) is 42.5 Å². The first-order valence-corrected chi connectivity index (χ1v) is 11.9. The number of rotatable bonds is 8. The predicted molar refractivity (Wildman–Crippen MR) is 139 cm³/mol. The SMILES string of the molecule is COc1ccc([C@H]2c3c(n(C)c4ccccc34)C(=O)N2CC(=O)NCCc2cccc(OC)c2)cc1. The topological polar surface area (TPSA) is 72.8 Å². The number of benzene rings is 3. The van der Waals surface area contributed by atoms with Crippen molar-refractivity contribution < 1.29 is 19.1 Å². The molecule has 7 nitrogen and oxygen atoms in total. The monoisotopic (exact) mass is 483 g/mol. The van der Waals surface area contributed by atoms with Gasteiger partial charge in [0.15, 0.2) is 0 Å². The number of ether oxygens (including phenoxy) is 2. The number of carbonyl (C=O) groups is 2. The van der Waals surface area contributed by atoms with Crippen LogP contribution in [0.4, 0.5) is 0 Å². The van der Waals surface area contributed by atoms with E-state index in [9.17, 15) is 9.59 Å². The Labute approximate surface area is 210 Å². The number of methoxy groups -OCH3 is 2. The van der Waals surface area contributed by atoms with Gasteiger partial charge in [-0.25, -0.2) is 0 Å². The molecular weight excluding hydrogens is 454 g/mol. The molecule has 1 aliphatic rings. The molecule has 0 saturated carbocycles. The van der Waals surface area contributed by atoms with Gasteiger partial charge in [0.2, 0.25) is 5.91 Å². The average molecular weight is 484 g/mol. The molecule has 0 unspecified atom stereocenters. The first-order valence-electron chi connectivity index (χ1n) is 11.9. The molecule has 0 spiro atoms. The van der Waals surface area contributed by atoms with Crippen LogP contribution in [0.25, 0.3) is 10.9 Å². The van der Waals surface area contributed by atoms with Gasteiger partial charge < -0.3 is 24.3 Å². The van der Waals surface area contributed by atoms with Gasteiger partial charge in [0, 0.05) is 30.1 Å². The van der Waals surface area contributed by atoms with Crippen molar-refractivity contribution in [2.24, 2.45) is 7.05 Å². The maximum Gasteiger partial charge on any atom is 0.272 e. The van der Waals surface area contributed by atoms with Crippen molar-refractivity contribution in [1.29, 1.82) is 0 Å². The first kappa shape index (κ1) is 23.5. The van der Waals surface area contributed by atoms with E-state index in [0.29, 0.717) is 18.7 Å². The molecule has 0 saturated heterocycles. The minimum Gasteiger partial charge on any atom is -0.497 e. The van der Waals surface area contributed by atoms with E-state index < -0.39 is 0 Å². The van der Waals surface area contributed by atoms with Gasteiger partial charge in [-0.2, -0.15) is 0 Å². The van der Waals surface area contributed by atoms with E-state index in [1.807, 2.05) is 84.4 Å². The molecule has 184 valence electrons. The second-order valence-corrected chi connectivity index (χ2v) is 8.90. The van der Waals surface area contributed by atoms with Gasteiger partial charge in [0.05, 0.1) is 20.3 Å². The second-order valence-electron chi connectivity index (χ2n) is 8.90. The van der Waals surface area contributed by atoms with Gasteiger partial charge in [-0.15, -0.1) is 0 Å². The van der Waals surface area contributed by atoms with E-state index in [2.05, 4.69) is 5.32 Å². The van der Waals surface area contributed by atoms with Crippen LogP contribution in [-0.4, -0.2) is 48.6 Å². The van der Waals surface area contributed by atoms with Crippen LogP contribution >= 0.6 is 0 Å². The van der Waals surface area contributed by atoms with Gasteiger partial charge >= 0.3 is 0 Å². The van der Waals surface area contributed by atoms with Crippen LogP contribution < -0.4 is 14.8 Å². The van der Waals surface area contributed by atoms with Crippen LogP contribution in [0.2, 0.25) is 0 Å². The van der Waals surface area contributed by atoms with E-state index in [-0.39, 0.29) is 24.4 Å². The van der Waals surface area contributed by atoms with Gasteiger partial charge in [-0.05, 0) is 47.9 Å². The third-order valence-corrected chi connectivity index (χ3v) is 6.81. The highest BCUT2D eigenvalue weighted by atomic mass is 16.5. The fraction of sp³-hybridized carbons (Fsp3) is 0.241. The Morgan fingerprint density at radius 2 is 1.69 bits per heavy atom. The average Bonchev–Trinajstić information content (AvgIpc) is 3.36. The number of amides is 2. The molecule has 0 fully saturated rings. The summed E-state index contributed by atoms with van der Waals surface area (Å²) in [6.45, 7) is 0.438. The quantitative estimate of drug-likeness (QED) is 0.410. The molecule has 1 atom stereocenters. The van der Waals surface area contributed by atoms with Crippen LogP contribution in [0, 0.1) is 0 Å². The van der Waals surface area contributed by atoms with Crippen molar-refractivity contribution in [3.05, 3.63) is 95.2 Å². The lowest BCUT2D eigenvalue weighted by molar-refractivity contribution is -0.122. The molecule has 3 aromatic carbocycles. The molecule has 7 heteroatoms. The zero-order valence-corrected chi connectivity index (χ0v) is 20.7. The van der Waals surface area contributed by atoms with E-state index in [1.165, 1.54) is 0 Å². The van der Waals surface area contributed by atoms with E-state index >= 15 is 0 Å². The molecule has 1 aromatic heterocycles. The Morgan fingerprint density at radius 1 is 0.944 bits per heavy atom. The highest BCUT2D eigenvalue weighted by Gasteiger charge is 2.42. The summed E-state index contributed by atoms with van der Waals surface area (Å²) in [5, 5.41) is 4.00. The summed E-state index contributed by atoms with van der Waals surface area (Å²) < 4.78 is 12.5. The number of aryl methyl sites for hydroxylation is 1. The smallest absolute Gasteiger partial charge is 0.272 e. The minimum atomic E-state index is -0.367. The van der Waals surface area contributed by atoms with E-state index in [0.717, 1.165) is 39.1 Å². The highest BCUT2D eigenvalue weighted by molar-refractivity contribution is 6.07. The Hall–Kier alpha value is -4.26. The van der Waals surface area contributed by atoms with Crippen molar-refractivity contribution in [1.82, 2.24) is 14.8 Å². The van der Waals surface area contributed by atoms with Crippen molar-refractivity contribution in [2.75, 3.05) is 27.3 Å². The van der Waals surface area contributed by atoms with Gasteiger partial charge in [-0.3, -0.25) is 9.59 Å². The zero-order chi connectivity index (χ0) is 25.2. The maximum atomic E-state index is 13.7. The lowest BCUT2D eigenvalue weighted by Crippen LogP contribution is -2.40. The Kier molecular flexibility index (Phi) is 6.38. The molecule has 0 aliphatic carbocycles. The van der Waals surface area contributed by atoms with Crippen LogP contribution in [0.3, 0.4) is 0 Å². The van der Waals surface area contributed by atoms with E-state index in [4.69, 9.17) is 9.47 Å². The summed E-state index contributed by atoms with van der Waals surface area (Å²) in [5.41, 5.74) is 4.57. The molecule has 0 radical (unpaired) electrons. The number of hydrogen-bond acceptors (Lipinski definition) is 4. The summed E-state index contributed by atoms with van der Waals surface area (Å²) in [6, 6.07) is 23.1. The Morgan fingerprint density at radius 3 is 2.44 bits per heavy atom. The van der Waals surface area contributed by atoms with Crippen molar-refractivity contribution in [3.8, 4) is 11.5 Å². The molecule has 5 rings (SSSR count). The fourth-order valence-corrected chi connectivity index (χ4v) is 5.05. The molecule has 2 heterocycles. The highest BCUT2D eigenvalue weighted by Crippen LogP contribution is 2.43. The van der Waals surface area contributed by atoms with Crippen LogP contribution in [-0.2, 0) is 18.3 Å². The lowest BCUT2D eigenvalue weighted by Gasteiger charge is -2.26. The normalized spacial score (nSPS) is 14.7. The number of fused-ring (bicyclic) bond motifs is 3. The molecule has 4 aromatic rings. The summed E-state index contributed by atoms with van der Waals surface area (Å²) in [7, 11) is 5.16. The first-order chi connectivity index (χ1) is 17.5. The molecule has 0 bridgehead atoms. The van der Waals surface area contributed by atoms with Crippen LogP contribution in [0.15, 0.2) is 72.8 Å². The minimum absolute atomic E-state index is 0.0311.